The Morgan fingerprint density at radius 2 is 1.60 bits per heavy atom. The maximum Gasteiger partial charge on any atom is 0.225 e. The van der Waals surface area contributed by atoms with Crippen molar-refractivity contribution in [1.82, 2.24) is 15.0 Å². The van der Waals surface area contributed by atoms with E-state index in [9.17, 15) is 0 Å². The molecule has 54 valence electrons. The third-order valence-electron chi connectivity index (χ3n) is 0.858. The largest absolute Gasteiger partial charge is 0.368 e. The average Bonchev–Trinajstić information content (AvgIpc) is 1.85. The van der Waals surface area contributed by atoms with E-state index in [-0.39, 0.29) is 11.9 Å². The lowest BCUT2D eigenvalue weighted by Gasteiger charge is -1.96. The molecule has 0 atom stereocenters. The first kappa shape index (κ1) is 7.07. The van der Waals surface area contributed by atoms with E-state index in [0.717, 1.165) is 0 Å². The molecular weight excluding hydrogens is 150 g/mol. The molecule has 1 heterocycles. The topological polar surface area (TPSA) is 90.7 Å². The van der Waals surface area contributed by atoms with Crippen LogP contribution in [0.15, 0.2) is 0 Å². The third kappa shape index (κ3) is 1.47. The lowest BCUT2D eigenvalue weighted by molar-refractivity contribution is 0.990. The standard InChI is InChI=1S/C4H7N5S/c5-3-7-2(1-10)8-4(6)9-3/h10H,1H2,(H4,5,6,7,8,9). The molecule has 10 heavy (non-hydrogen) atoms. The maximum absolute atomic E-state index is 5.26. The summed E-state index contributed by atoms with van der Waals surface area (Å²) >= 11 is 3.94. The van der Waals surface area contributed by atoms with Crippen LogP contribution in [0.2, 0.25) is 0 Å². The summed E-state index contributed by atoms with van der Waals surface area (Å²) in [4.78, 5) is 11.1. The van der Waals surface area contributed by atoms with Gasteiger partial charge in [-0.1, -0.05) is 0 Å². The fraction of sp³-hybridized carbons (Fsp3) is 0.250. The van der Waals surface area contributed by atoms with Crippen LogP contribution in [-0.4, -0.2) is 15.0 Å². The molecule has 6 heteroatoms. The Morgan fingerprint density at radius 3 is 2.00 bits per heavy atom. The van der Waals surface area contributed by atoms with Gasteiger partial charge in [0.1, 0.15) is 5.82 Å². The Morgan fingerprint density at radius 1 is 1.10 bits per heavy atom. The van der Waals surface area contributed by atoms with E-state index in [4.69, 9.17) is 11.5 Å². The second-order valence-electron chi connectivity index (χ2n) is 1.63. The molecule has 0 aliphatic carbocycles. The van der Waals surface area contributed by atoms with Crippen LogP contribution in [0, 0.1) is 0 Å². The molecule has 5 nitrogen and oxygen atoms in total. The lowest BCUT2D eigenvalue weighted by atomic mass is 10.7. The molecule has 0 aliphatic rings. The van der Waals surface area contributed by atoms with E-state index >= 15 is 0 Å². The van der Waals surface area contributed by atoms with Crippen molar-refractivity contribution in [2.45, 2.75) is 5.75 Å². The molecule has 0 saturated carbocycles. The van der Waals surface area contributed by atoms with Gasteiger partial charge in [-0.2, -0.15) is 27.6 Å². The van der Waals surface area contributed by atoms with Gasteiger partial charge in [0, 0.05) is 0 Å². The van der Waals surface area contributed by atoms with Crippen LogP contribution in [0.25, 0.3) is 0 Å². The zero-order valence-electron chi connectivity index (χ0n) is 5.15. The van der Waals surface area contributed by atoms with Gasteiger partial charge in [0.2, 0.25) is 11.9 Å². The van der Waals surface area contributed by atoms with Crippen LogP contribution in [0.4, 0.5) is 11.9 Å². The zero-order valence-corrected chi connectivity index (χ0v) is 6.05. The Bertz CT molecular complexity index is 217. The number of hydrogen-bond donors (Lipinski definition) is 3. The summed E-state index contributed by atoms with van der Waals surface area (Å²) in [7, 11) is 0. The van der Waals surface area contributed by atoms with Gasteiger partial charge in [-0.15, -0.1) is 0 Å². The fourth-order valence-electron chi connectivity index (χ4n) is 0.528. The number of aromatic nitrogens is 3. The van der Waals surface area contributed by atoms with Gasteiger partial charge in [-0.25, -0.2) is 0 Å². The van der Waals surface area contributed by atoms with Crippen molar-refractivity contribution in [2.24, 2.45) is 0 Å². The van der Waals surface area contributed by atoms with E-state index in [1.165, 1.54) is 0 Å². The minimum atomic E-state index is 0.136. The summed E-state index contributed by atoms with van der Waals surface area (Å²) in [5.41, 5.74) is 10.5. The van der Waals surface area contributed by atoms with E-state index in [0.29, 0.717) is 11.6 Å². The van der Waals surface area contributed by atoms with Crippen LogP contribution in [0.5, 0.6) is 0 Å². The third-order valence-corrected chi connectivity index (χ3v) is 1.14. The van der Waals surface area contributed by atoms with Gasteiger partial charge in [-0.05, 0) is 0 Å². The normalized spacial score (nSPS) is 9.70. The van der Waals surface area contributed by atoms with Crippen molar-refractivity contribution in [3.8, 4) is 0 Å². The molecule has 0 radical (unpaired) electrons. The second-order valence-corrected chi connectivity index (χ2v) is 1.94. The molecule has 4 N–H and O–H groups in total. The molecule has 1 rings (SSSR count). The van der Waals surface area contributed by atoms with E-state index < -0.39 is 0 Å². The fourth-order valence-corrected chi connectivity index (χ4v) is 0.669. The van der Waals surface area contributed by atoms with Crippen LogP contribution >= 0.6 is 12.6 Å². The number of nitrogen functional groups attached to an aromatic ring is 2. The Hall–Kier alpha value is -1.04. The average molecular weight is 157 g/mol. The highest BCUT2D eigenvalue weighted by atomic mass is 32.1. The van der Waals surface area contributed by atoms with Crippen molar-refractivity contribution < 1.29 is 0 Å². The lowest BCUT2D eigenvalue weighted by Crippen LogP contribution is -2.05. The van der Waals surface area contributed by atoms with Crippen LogP contribution in [-0.2, 0) is 5.75 Å². The number of hydrogen-bond acceptors (Lipinski definition) is 6. The number of rotatable bonds is 1. The highest BCUT2D eigenvalue weighted by molar-refractivity contribution is 7.79. The second kappa shape index (κ2) is 2.70. The van der Waals surface area contributed by atoms with Gasteiger partial charge < -0.3 is 11.5 Å². The number of nitrogens with zero attached hydrogens (tertiary/aromatic N) is 3. The Balaban J connectivity index is 3.06. The summed E-state index contributed by atoms with van der Waals surface area (Å²) in [5, 5.41) is 0. The summed E-state index contributed by atoms with van der Waals surface area (Å²) in [6.45, 7) is 0. The molecule has 0 unspecified atom stereocenters. The molecule has 0 aliphatic heterocycles. The molecule has 0 bridgehead atoms. The number of anilines is 2. The molecule has 0 amide bonds. The van der Waals surface area contributed by atoms with E-state index in [1.54, 1.807) is 0 Å². The monoisotopic (exact) mass is 157 g/mol. The molecular formula is C4H7N5S. The smallest absolute Gasteiger partial charge is 0.225 e. The van der Waals surface area contributed by atoms with Crippen LogP contribution < -0.4 is 11.5 Å². The van der Waals surface area contributed by atoms with Gasteiger partial charge in [0.25, 0.3) is 0 Å². The molecule has 0 aromatic carbocycles. The summed E-state index contributed by atoms with van der Waals surface area (Å²) in [6, 6.07) is 0. The quantitative estimate of drug-likeness (QED) is 0.476. The first-order chi connectivity index (χ1) is 4.72. The number of nitrogens with two attached hydrogens (primary N) is 2. The molecule has 0 fully saturated rings. The molecule has 0 spiro atoms. The predicted molar refractivity (Wildman–Crippen MR) is 41.3 cm³/mol. The molecule has 1 aromatic heterocycles. The van der Waals surface area contributed by atoms with Crippen molar-refractivity contribution in [3.05, 3.63) is 5.82 Å². The number of thiol groups is 1. The van der Waals surface area contributed by atoms with Crippen molar-refractivity contribution >= 4 is 24.5 Å². The van der Waals surface area contributed by atoms with Gasteiger partial charge in [0.15, 0.2) is 0 Å². The van der Waals surface area contributed by atoms with Crippen molar-refractivity contribution in [1.29, 1.82) is 0 Å². The first-order valence-corrected chi connectivity index (χ1v) is 3.22. The molecule has 1 aromatic rings. The van der Waals surface area contributed by atoms with Crippen LogP contribution in [0.3, 0.4) is 0 Å². The van der Waals surface area contributed by atoms with E-state index in [1.807, 2.05) is 0 Å². The zero-order chi connectivity index (χ0) is 7.56. The predicted octanol–water partition coefficient (Wildman–Crippen LogP) is -0.534. The van der Waals surface area contributed by atoms with E-state index in [2.05, 4.69) is 27.6 Å². The van der Waals surface area contributed by atoms with Gasteiger partial charge >= 0.3 is 0 Å². The maximum atomic E-state index is 5.26. The van der Waals surface area contributed by atoms with Crippen molar-refractivity contribution in [2.75, 3.05) is 11.5 Å². The Labute approximate surface area is 63.3 Å². The van der Waals surface area contributed by atoms with Crippen LogP contribution in [0.1, 0.15) is 5.82 Å². The minimum Gasteiger partial charge on any atom is -0.368 e. The van der Waals surface area contributed by atoms with Gasteiger partial charge in [-0.3, -0.25) is 0 Å². The summed E-state index contributed by atoms with van der Waals surface area (Å²) in [6.07, 6.45) is 0. The summed E-state index contributed by atoms with van der Waals surface area (Å²) in [5.74, 6) is 1.18. The Kier molecular flexibility index (Phi) is 1.91. The highest BCUT2D eigenvalue weighted by Gasteiger charge is 1.97. The minimum absolute atomic E-state index is 0.136. The highest BCUT2D eigenvalue weighted by Crippen LogP contribution is 1.99. The van der Waals surface area contributed by atoms with Gasteiger partial charge in [0.05, 0.1) is 5.75 Å². The molecule has 0 saturated heterocycles. The summed E-state index contributed by atoms with van der Waals surface area (Å²) < 4.78 is 0. The van der Waals surface area contributed by atoms with Crippen molar-refractivity contribution in [3.63, 3.8) is 0 Å². The first-order valence-electron chi connectivity index (χ1n) is 2.59. The SMILES string of the molecule is Nc1nc(N)nc(CS)n1.